The summed E-state index contributed by atoms with van der Waals surface area (Å²) in [4.78, 5) is 16.1. The average molecular weight is 478 g/mol. The van der Waals surface area contributed by atoms with Gasteiger partial charge in [0.1, 0.15) is 0 Å². The van der Waals surface area contributed by atoms with Crippen molar-refractivity contribution in [1.29, 1.82) is 0 Å². The van der Waals surface area contributed by atoms with E-state index in [1.54, 1.807) is 0 Å². The van der Waals surface area contributed by atoms with E-state index in [1.165, 1.54) is 15.3 Å². The smallest absolute Gasteiger partial charge is 0.257 e. The van der Waals surface area contributed by atoms with Gasteiger partial charge in [0, 0.05) is 32.7 Å². The number of thiophene rings is 1. The van der Waals surface area contributed by atoms with E-state index in [9.17, 15) is 4.79 Å². The molecule has 0 fully saturated rings. The lowest BCUT2D eigenvalue weighted by Crippen LogP contribution is -2.30. The van der Waals surface area contributed by atoms with Crippen LogP contribution in [0.2, 0.25) is 0 Å². The molecule has 3 unspecified atom stereocenters. The van der Waals surface area contributed by atoms with Gasteiger partial charge < -0.3 is 16.0 Å². The van der Waals surface area contributed by atoms with Crippen molar-refractivity contribution in [2.75, 3.05) is 16.0 Å². The number of carbonyl (C=O) groups is 1. The lowest BCUT2D eigenvalue weighted by Gasteiger charge is -2.37. The number of hydrogen-bond donors (Lipinski definition) is 3. The van der Waals surface area contributed by atoms with E-state index < -0.39 is 0 Å². The molecule has 1 aliphatic heterocycles. The van der Waals surface area contributed by atoms with Crippen LogP contribution >= 0.6 is 11.3 Å². The third-order valence-corrected chi connectivity index (χ3v) is 8.00. The van der Waals surface area contributed by atoms with Gasteiger partial charge in [0.05, 0.1) is 17.3 Å². The first-order chi connectivity index (χ1) is 17.2. The van der Waals surface area contributed by atoms with Crippen LogP contribution < -0.4 is 16.0 Å². The van der Waals surface area contributed by atoms with Crippen LogP contribution in [0, 0.1) is 12.8 Å². The maximum Gasteiger partial charge on any atom is 0.257 e. The number of carbonyl (C=O) groups excluding carboxylic acids is 1. The second-order valence-corrected chi connectivity index (χ2v) is 10.5. The molecule has 3 atom stereocenters. The summed E-state index contributed by atoms with van der Waals surface area (Å²) in [7, 11) is 0. The number of anilines is 4. The Balaban J connectivity index is 1.25. The first kappa shape index (κ1) is 21.7. The Morgan fingerprint density at radius 1 is 0.886 bits per heavy atom. The highest BCUT2D eigenvalue weighted by Gasteiger charge is 2.39. The lowest BCUT2D eigenvalue weighted by atomic mass is 9.78. The zero-order chi connectivity index (χ0) is 23.8. The van der Waals surface area contributed by atoms with E-state index in [-0.39, 0.29) is 11.9 Å². The fourth-order valence-electron chi connectivity index (χ4n) is 5.24. The topological polar surface area (TPSA) is 53.2 Å². The van der Waals surface area contributed by atoms with Gasteiger partial charge in [-0.15, -0.1) is 11.3 Å². The molecule has 174 valence electrons. The molecule has 0 bridgehead atoms. The van der Waals surface area contributed by atoms with Gasteiger partial charge in [0.2, 0.25) is 0 Å². The molecule has 0 saturated heterocycles. The summed E-state index contributed by atoms with van der Waals surface area (Å²) in [6.07, 6.45) is 5.66. The number of fused-ring (bicyclic) bond motifs is 3. The SMILES string of the molecule is Cc1ccc(C2Nc3c(C(=O)Nc4ccc(Nc5ccccc5)cc4)cccc3C3C=CCC32)s1. The van der Waals surface area contributed by atoms with Crippen LogP contribution in [0.5, 0.6) is 0 Å². The molecular formula is C30H27N3OS. The molecule has 0 spiro atoms. The van der Waals surface area contributed by atoms with Crippen molar-refractivity contribution in [2.45, 2.75) is 25.3 Å². The third kappa shape index (κ3) is 4.24. The highest BCUT2D eigenvalue weighted by atomic mass is 32.1. The molecule has 3 N–H and O–H groups in total. The Hall–Kier alpha value is -3.83. The second kappa shape index (κ2) is 9.08. The normalized spacial score (nSPS) is 20.0. The Labute approximate surface area is 209 Å². The van der Waals surface area contributed by atoms with Gasteiger partial charge in [-0.1, -0.05) is 42.5 Å². The van der Waals surface area contributed by atoms with Crippen molar-refractivity contribution in [1.82, 2.24) is 0 Å². The summed E-state index contributed by atoms with van der Waals surface area (Å²) in [6, 6.07) is 28.6. The van der Waals surface area contributed by atoms with Crippen LogP contribution in [0.25, 0.3) is 0 Å². The van der Waals surface area contributed by atoms with Gasteiger partial charge in [0.25, 0.3) is 5.91 Å². The van der Waals surface area contributed by atoms with Gasteiger partial charge in [-0.05, 0) is 79.4 Å². The number of nitrogens with one attached hydrogen (secondary N) is 3. The Kier molecular flexibility index (Phi) is 5.63. The van der Waals surface area contributed by atoms with Crippen molar-refractivity contribution in [3.63, 3.8) is 0 Å². The minimum atomic E-state index is -0.0975. The molecule has 4 aromatic rings. The lowest BCUT2D eigenvalue weighted by molar-refractivity contribution is 0.102. The van der Waals surface area contributed by atoms with Crippen LogP contribution in [0.15, 0.2) is 97.1 Å². The molecule has 3 aromatic carbocycles. The molecule has 0 saturated carbocycles. The van der Waals surface area contributed by atoms with Crippen LogP contribution in [0.4, 0.5) is 22.7 Å². The monoisotopic (exact) mass is 477 g/mol. The molecule has 6 rings (SSSR count). The van der Waals surface area contributed by atoms with E-state index in [2.05, 4.69) is 53.2 Å². The molecule has 1 aliphatic carbocycles. The molecule has 5 heteroatoms. The minimum absolute atomic E-state index is 0.0975. The van der Waals surface area contributed by atoms with E-state index in [1.807, 2.05) is 78.1 Å². The van der Waals surface area contributed by atoms with Crippen molar-refractivity contribution in [3.05, 3.63) is 118 Å². The number of para-hydroxylation sites is 2. The number of rotatable bonds is 5. The number of aryl methyl sites for hydroxylation is 1. The van der Waals surface area contributed by atoms with Gasteiger partial charge in [-0.2, -0.15) is 0 Å². The largest absolute Gasteiger partial charge is 0.376 e. The number of hydrogen-bond acceptors (Lipinski definition) is 4. The fourth-order valence-corrected chi connectivity index (χ4v) is 6.24. The zero-order valence-corrected chi connectivity index (χ0v) is 20.3. The number of benzene rings is 3. The Morgan fingerprint density at radius 3 is 2.43 bits per heavy atom. The number of amides is 1. The van der Waals surface area contributed by atoms with E-state index in [4.69, 9.17) is 0 Å². The first-order valence-corrected chi connectivity index (χ1v) is 12.8. The summed E-state index contributed by atoms with van der Waals surface area (Å²) < 4.78 is 0. The van der Waals surface area contributed by atoms with Crippen molar-refractivity contribution in [2.24, 2.45) is 5.92 Å². The summed E-state index contributed by atoms with van der Waals surface area (Å²) in [6.45, 7) is 2.15. The van der Waals surface area contributed by atoms with E-state index >= 15 is 0 Å². The Bertz CT molecular complexity index is 1390. The quantitative estimate of drug-likeness (QED) is 0.256. The first-order valence-electron chi connectivity index (χ1n) is 12.0. The van der Waals surface area contributed by atoms with Crippen LogP contribution in [-0.4, -0.2) is 5.91 Å². The van der Waals surface area contributed by atoms with Crippen LogP contribution in [0.1, 0.15) is 44.1 Å². The van der Waals surface area contributed by atoms with Crippen LogP contribution in [0.3, 0.4) is 0 Å². The highest BCUT2D eigenvalue weighted by molar-refractivity contribution is 7.12. The molecule has 35 heavy (non-hydrogen) atoms. The van der Waals surface area contributed by atoms with Gasteiger partial charge in [0.15, 0.2) is 0 Å². The summed E-state index contributed by atoms with van der Waals surface area (Å²) in [5.41, 5.74) is 5.62. The van der Waals surface area contributed by atoms with Crippen molar-refractivity contribution < 1.29 is 4.79 Å². The minimum Gasteiger partial charge on any atom is -0.376 e. The predicted octanol–water partition coefficient (Wildman–Crippen LogP) is 7.88. The third-order valence-electron chi connectivity index (χ3n) is 6.91. The average Bonchev–Trinajstić information content (AvgIpc) is 3.55. The molecule has 4 nitrogen and oxygen atoms in total. The van der Waals surface area contributed by atoms with E-state index in [0.29, 0.717) is 17.4 Å². The molecule has 2 heterocycles. The van der Waals surface area contributed by atoms with Gasteiger partial charge in [-0.3, -0.25) is 4.79 Å². The highest BCUT2D eigenvalue weighted by Crippen LogP contribution is 2.51. The van der Waals surface area contributed by atoms with E-state index in [0.717, 1.165) is 29.2 Å². The van der Waals surface area contributed by atoms with Crippen LogP contribution in [-0.2, 0) is 0 Å². The second-order valence-electron chi connectivity index (χ2n) is 9.22. The van der Waals surface area contributed by atoms with Gasteiger partial charge >= 0.3 is 0 Å². The molecule has 1 aromatic heterocycles. The maximum absolute atomic E-state index is 13.4. The number of allylic oxidation sites excluding steroid dienone is 2. The van der Waals surface area contributed by atoms with Crippen molar-refractivity contribution >= 4 is 40.0 Å². The molecule has 2 aliphatic rings. The predicted molar refractivity (Wildman–Crippen MR) is 146 cm³/mol. The van der Waals surface area contributed by atoms with Gasteiger partial charge in [-0.25, -0.2) is 0 Å². The Morgan fingerprint density at radius 2 is 1.66 bits per heavy atom. The maximum atomic E-state index is 13.4. The molecule has 1 amide bonds. The zero-order valence-electron chi connectivity index (χ0n) is 19.5. The molecular weight excluding hydrogens is 450 g/mol. The summed E-state index contributed by atoms with van der Waals surface area (Å²) in [5.74, 6) is 0.706. The summed E-state index contributed by atoms with van der Waals surface area (Å²) >= 11 is 1.84. The van der Waals surface area contributed by atoms with Crippen molar-refractivity contribution in [3.8, 4) is 0 Å². The summed E-state index contributed by atoms with van der Waals surface area (Å²) in [5, 5.41) is 10.2. The fraction of sp³-hybridized carbons (Fsp3) is 0.167. The molecule has 0 radical (unpaired) electrons. The standard InChI is InChI=1S/C30H27N3OS/c1-19-13-18-27(35-19)29-25-11-5-9-23(25)24-10-6-12-26(28(24)33-29)30(34)32-22-16-14-21(15-17-22)31-20-7-3-2-4-8-20/h2-10,12-18,23,25,29,31,33H,11H2,1H3,(H,32,34).